The van der Waals surface area contributed by atoms with Crippen molar-refractivity contribution >= 4 is 18.3 Å². The van der Waals surface area contributed by atoms with Crippen LogP contribution in [0.15, 0.2) is 17.1 Å². The van der Waals surface area contributed by atoms with Gasteiger partial charge in [0.15, 0.2) is 6.08 Å². The van der Waals surface area contributed by atoms with Crippen LogP contribution in [0.4, 0.5) is 0 Å². The zero-order chi connectivity index (χ0) is 21.6. The van der Waals surface area contributed by atoms with E-state index in [-0.39, 0.29) is 11.9 Å². The Bertz CT molecular complexity index is 799. The molecule has 11 nitrogen and oxygen atoms in total. The van der Waals surface area contributed by atoms with Crippen LogP contribution < -0.4 is 5.73 Å². The van der Waals surface area contributed by atoms with Gasteiger partial charge in [-0.25, -0.2) is 0 Å². The molecule has 1 aliphatic rings. The third kappa shape index (κ3) is 4.73. The average Bonchev–Trinajstić information content (AvgIpc) is 3.30. The number of rotatable bonds is 8. The van der Waals surface area contributed by atoms with Crippen LogP contribution >= 0.6 is 0 Å². The van der Waals surface area contributed by atoms with Gasteiger partial charge in [0.05, 0.1) is 11.8 Å². The molecule has 1 saturated heterocycles. The SMILES string of the molecule is CCC(CC)OC(=[N-])OC[C@@]1(C#N)O[C@@H](c2ccc(C(N)=NC=[N-])[nH]2)[C@H](O)[C@@H]1O. The number of aromatic amines is 1. The molecule has 158 valence electrons. The second-order valence-electron chi connectivity index (χ2n) is 6.54. The zero-order valence-electron chi connectivity index (χ0n) is 16.1. The maximum atomic E-state index is 10.4. The van der Waals surface area contributed by atoms with Crippen molar-refractivity contribution in [2.24, 2.45) is 10.7 Å². The normalized spacial score (nSPS) is 26.9. The van der Waals surface area contributed by atoms with Crippen molar-refractivity contribution in [1.82, 2.24) is 4.98 Å². The molecule has 1 aromatic rings. The highest BCUT2D eigenvalue weighted by molar-refractivity contribution is 6.00. The van der Waals surface area contributed by atoms with E-state index in [1.54, 1.807) is 6.07 Å². The number of nitrogens with two attached hydrogens (primary N) is 1. The number of nitriles is 1. The van der Waals surface area contributed by atoms with E-state index in [1.165, 1.54) is 12.1 Å². The fourth-order valence-electron chi connectivity index (χ4n) is 2.96. The van der Waals surface area contributed by atoms with Gasteiger partial charge < -0.3 is 51.0 Å². The van der Waals surface area contributed by atoms with Crippen LogP contribution in [-0.4, -0.2) is 64.0 Å². The lowest BCUT2D eigenvalue weighted by atomic mass is 9.96. The Labute approximate surface area is 168 Å². The Balaban J connectivity index is 2.13. The van der Waals surface area contributed by atoms with Crippen molar-refractivity contribution < 1.29 is 24.4 Å². The Morgan fingerprint density at radius 3 is 2.76 bits per heavy atom. The Morgan fingerprint density at radius 2 is 2.17 bits per heavy atom. The topological polar surface area (TPSA) is 191 Å². The summed E-state index contributed by atoms with van der Waals surface area (Å²) < 4.78 is 15.9. The highest BCUT2D eigenvalue weighted by atomic mass is 16.7. The standard InChI is InChI=1S/C18H24N6O5/c1-3-10(4-2)28-17(22)27-8-18(7-19)15(26)13(25)14(29-18)11-5-6-12(24-11)16(21)23-9-20/h5-6,9-10,13-15,24-26H,3-4,8H2,1-2H3,(H2-,20,21,23)/q-2/t13-,14-,15-,18+/m0/s1. The van der Waals surface area contributed by atoms with Gasteiger partial charge in [-0.05, 0) is 25.0 Å². The van der Waals surface area contributed by atoms with E-state index in [4.69, 9.17) is 25.4 Å². The van der Waals surface area contributed by atoms with E-state index in [2.05, 4.69) is 9.98 Å². The maximum Gasteiger partial charge on any atom is 0.217 e. The third-order valence-corrected chi connectivity index (χ3v) is 4.71. The molecule has 0 bridgehead atoms. The highest BCUT2D eigenvalue weighted by Gasteiger charge is 2.56. The molecule has 0 amide bonds. The minimum Gasteiger partial charge on any atom is -0.737 e. The Kier molecular flexibility index (Phi) is 7.33. The molecule has 0 radical (unpaired) electrons. The summed E-state index contributed by atoms with van der Waals surface area (Å²) in [4.78, 5) is 6.37. The van der Waals surface area contributed by atoms with Crippen LogP contribution in [-0.2, 0) is 14.2 Å². The predicted molar refractivity (Wildman–Crippen MR) is 105 cm³/mol. The van der Waals surface area contributed by atoms with Crippen molar-refractivity contribution in [3.05, 3.63) is 34.3 Å². The fourth-order valence-corrected chi connectivity index (χ4v) is 2.96. The minimum absolute atomic E-state index is 0.0141. The molecular weight excluding hydrogens is 380 g/mol. The molecular formula is C18H24N6O5-2. The van der Waals surface area contributed by atoms with Crippen molar-refractivity contribution in [3.63, 3.8) is 0 Å². The summed E-state index contributed by atoms with van der Waals surface area (Å²) in [6, 6.07) is 4.87. The molecule has 2 rings (SSSR count). The average molecular weight is 404 g/mol. The van der Waals surface area contributed by atoms with E-state index < -0.39 is 36.6 Å². The molecule has 4 atom stereocenters. The summed E-state index contributed by atoms with van der Waals surface area (Å²) in [5, 5.41) is 48.9. The van der Waals surface area contributed by atoms with Gasteiger partial charge in [-0.2, -0.15) is 5.26 Å². The number of hydrogen-bond acceptors (Lipinski definition) is 6. The first kappa shape index (κ1) is 22.4. The summed E-state index contributed by atoms with van der Waals surface area (Å²) in [5.41, 5.74) is 4.37. The van der Waals surface area contributed by atoms with E-state index in [0.29, 0.717) is 30.6 Å². The number of amidine groups is 1. The van der Waals surface area contributed by atoms with Crippen molar-refractivity contribution in [1.29, 1.82) is 5.26 Å². The molecule has 1 aliphatic heterocycles. The molecule has 2 heterocycles. The van der Waals surface area contributed by atoms with Crippen LogP contribution in [0, 0.1) is 11.3 Å². The number of nitrogens with one attached hydrogen (secondary N) is 1. The third-order valence-electron chi connectivity index (χ3n) is 4.71. The van der Waals surface area contributed by atoms with Crippen LogP contribution in [0.3, 0.4) is 0 Å². The van der Waals surface area contributed by atoms with Gasteiger partial charge in [0, 0.05) is 11.5 Å². The van der Waals surface area contributed by atoms with Crippen molar-refractivity contribution in [3.8, 4) is 6.07 Å². The quantitative estimate of drug-likeness (QED) is 0.358. The van der Waals surface area contributed by atoms with Gasteiger partial charge in [-0.3, -0.25) is 0 Å². The van der Waals surface area contributed by atoms with Crippen LogP contribution in [0.25, 0.3) is 10.8 Å². The number of aromatic nitrogens is 1. The molecule has 5 N–H and O–H groups in total. The Hall–Kier alpha value is -2.94. The largest absolute Gasteiger partial charge is 0.737 e. The lowest BCUT2D eigenvalue weighted by Gasteiger charge is -2.28. The number of aliphatic imine (C=N–C) groups is 1. The summed E-state index contributed by atoms with van der Waals surface area (Å²) in [5.74, 6) is -0.0141. The van der Waals surface area contributed by atoms with E-state index in [9.17, 15) is 20.9 Å². The monoisotopic (exact) mass is 404 g/mol. The molecule has 1 fully saturated rings. The lowest BCUT2D eigenvalue weighted by molar-refractivity contribution is -0.0774. The number of ether oxygens (including phenoxy) is 3. The highest BCUT2D eigenvalue weighted by Crippen LogP contribution is 2.40. The van der Waals surface area contributed by atoms with Gasteiger partial charge in [0.25, 0.3) is 0 Å². The van der Waals surface area contributed by atoms with Gasteiger partial charge in [-0.15, -0.1) is 6.34 Å². The molecule has 0 spiro atoms. The number of nitrogens with zero attached hydrogens (tertiary/aromatic N) is 4. The van der Waals surface area contributed by atoms with Gasteiger partial charge in [-0.1, -0.05) is 13.8 Å². The first-order valence-electron chi connectivity index (χ1n) is 9.10. The molecule has 0 unspecified atom stereocenters. The second kappa shape index (κ2) is 9.51. The number of aliphatic hydroxyl groups excluding tert-OH is 2. The second-order valence-corrected chi connectivity index (χ2v) is 6.54. The number of aliphatic hydroxyl groups is 2. The molecule has 0 aromatic carbocycles. The summed E-state index contributed by atoms with van der Waals surface area (Å²) in [7, 11) is 0. The first-order valence-corrected chi connectivity index (χ1v) is 9.10. The van der Waals surface area contributed by atoms with Crippen molar-refractivity contribution in [2.45, 2.75) is 56.7 Å². The lowest BCUT2D eigenvalue weighted by Crippen LogP contribution is -2.46. The van der Waals surface area contributed by atoms with E-state index in [1.807, 2.05) is 13.8 Å². The smallest absolute Gasteiger partial charge is 0.217 e. The molecule has 11 heteroatoms. The summed E-state index contributed by atoms with van der Waals surface area (Å²) in [6.07, 6.45) is -3.38. The van der Waals surface area contributed by atoms with E-state index in [0.717, 1.165) is 0 Å². The first-order chi connectivity index (χ1) is 13.8. The van der Waals surface area contributed by atoms with Crippen LogP contribution in [0.1, 0.15) is 44.2 Å². The van der Waals surface area contributed by atoms with Gasteiger partial charge in [0.2, 0.25) is 5.60 Å². The number of hydrogen-bond donors (Lipinski definition) is 4. The van der Waals surface area contributed by atoms with Crippen LogP contribution in [0.5, 0.6) is 0 Å². The molecule has 1 aromatic heterocycles. The Morgan fingerprint density at radius 1 is 1.48 bits per heavy atom. The number of H-pyrrole nitrogens is 1. The minimum atomic E-state index is -1.95. The van der Waals surface area contributed by atoms with Crippen LogP contribution in [0.2, 0.25) is 0 Å². The van der Waals surface area contributed by atoms with Gasteiger partial charge >= 0.3 is 0 Å². The summed E-state index contributed by atoms with van der Waals surface area (Å²) >= 11 is 0. The van der Waals surface area contributed by atoms with E-state index >= 15 is 0 Å². The van der Waals surface area contributed by atoms with Gasteiger partial charge in [0.1, 0.15) is 31.0 Å². The molecule has 29 heavy (non-hydrogen) atoms. The predicted octanol–water partition coefficient (Wildman–Crippen LogP) is 0.520. The zero-order valence-corrected chi connectivity index (χ0v) is 16.1. The summed E-state index contributed by atoms with van der Waals surface area (Å²) in [6.45, 7) is 3.19. The molecule has 0 saturated carbocycles. The fraction of sp³-hybridized carbons (Fsp3) is 0.556. The van der Waals surface area contributed by atoms with Crippen molar-refractivity contribution in [2.75, 3.05) is 6.61 Å². The molecule has 0 aliphatic carbocycles. The maximum absolute atomic E-state index is 10.4.